The van der Waals surface area contributed by atoms with Crippen LogP contribution < -0.4 is 0 Å². The van der Waals surface area contributed by atoms with Crippen LogP contribution in [0.15, 0.2) is 0 Å². The Labute approximate surface area is 111 Å². The fraction of sp³-hybridized carbons (Fsp3) is 1.00. The average Bonchev–Trinajstić information content (AvgIpc) is 3.11. The van der Waals surface area contributed by atoms with Crippen molar-refractivity contribution in [2.24, 2.45) is 0 Å². The van der Waals surface area contributed by atoms with Crippen LogP contribution in [0.1, 0.15) is 27.7 Å². The first-order valence-corrected chi connectivity index (χ1v) is 8.74. The first-order chi connectivity index (χ1) is 8.65. The summed E-state index contributed by atoms with van der Waals surface area (Å²) in [5, 5.41) is 0. The van der Waals surface area contributed by atoms with Crippen molar-refractivity contribution in [2.75, 3.05) is 33.0 Å². The maximum absolute atomic E-state index is 5.79. The molecule has 0 radical (unpaired) electrons. The van der Waals surface area contributed by atoms with Crippen LogP contribution in [0.4, 0.5) is 0 Å². The summed E-state index contributed by atoms with van der Waals surface area (Å²) in [6.07, 6.45) is 0.348. The summed E-state index contributed by atoms with van der Waals surface area (Å²) < 4.78 is 28.2. The lowest BCUT2D eigenvalue weighted by atomic mass is 10.4. The molecule has 6 heteroatoms. The van der Waals surface area contributed by atoms with Gasteiger partial charge < -0.3 is 22.8 Å². The van der Waals surface area contributed by atoms with E-state index < -0.39 is 8.80 Å². The Morgan fingerprint density at radius 3 is 2.00 bits per heavy atom. The third-order valence-electron chi connectivity index (χ3n) is 2.60. The van der Waals surface area contributed by atoms with Crippen molar-refractivity contribution in [2.45, 2.75) is 45.9 Å². The Morgan fingerprint density at radius 2 is 1.61 bits per heavy atom. The molecule has 0 saturated carbocycles. The summed E-state index contributed by atoms with van der Waals surface area (Å²) >= 11 is 0. The molecule has 0 N–H and O–H groups in total. The van der Waals surface area contributed by atoms with Crippen LogP contribution in [0.5, 0.6) is 0 Å². The average molecular weight is 278 g/mol. The van der Waals surface area contributed by atoms with Gasteiger partial charge in [0.05, 0.1) is 19.3 Å². The number of rotatable bonds is 11. The summed E-state index contributed by atoms with van der Waals surface area (Å²) in [4.78, 5) is 0. The van der Waals surface area contributed by atoms with Gasteiger partial charge in [-0.05, 0) is 27.7 Å². The molecule has 108 valence electrons. The predicted octanol–water partition coefficient (Wildman–Crippen LogP) is 1.84. The number of ether oxygens (including phenoxy) is 2. The van der Waals surface area contributed by atoms with Crippen LogP contribution in [0.2, 0.25) is 6.04 Å². The largest absolute Gasteiger partial charge is 0.503 e. The lowest BCUT2D eigenvalue weighted by Crippen LogP contribution is -2.48. The molecule has 2 atom stereocenters. The van der Waals surface area contributed by atoms with Gasteiger partial charge in [0, 0.05) is 25.9 Å². The van der Waals surface area contributed by atoms with Crippen LogP contribution in [-0.2, 0) is 22.8 Å². The maximum Gasteiger partial charge on any atom is 0.503 e. The summed E-state index contributed by atoms with van der Waals surface area (Å²) in [5.74, 6) is 0. The van der Waals surface area contributed by atoms with Crippen LogP contribution >= 0.6 is 0 Å². The Hall–Kier alpha value is 0.0169. The minimum absolute atomic E-state index is 0.0607. The zero-order chi connectivity index (χ0) is 13.4. The highest BCUT2D eigenvalue weighted by Crippen LogP contribution is 2.21. The first kappa shape index (κ1) is 16.1. The lowest BCUT2D eigenvalue weighted by Gasteiger charge is -2.30. The lowest BCUT2D eigenvalue weighted by molar-refractivity contribution is 0.0280. The van der Waals surface area contributed by atoms with E-state index in [1.165, 1.54) is 0 Å². The fourth-order valence-electron chi connectivity index (χ4n) is 1.81. The molecule has 1 heterocycles. The molecule has 1 fully saturated rings. The van der Waals surface area contributed by atoms with E-state index in [4.69, 9.17) is 22.8 Å². The normalized spacial score (nSPS) is 21.0. The van der Waals surface area contributed by atoms with E-state index in [2.05, 4.69) is 0 Å². The molecule has 1 aliphatic rings. The quantitative estimate of drug-likeness (QED) is 0.426. The standard InChI is InChI=1S/C12H26O5Si/c1-5-15-18(16-6-2,17-7-3)10-11(4)13-8-12-9-14-12/h11-12H,5-10H2,1-4H3/t11-,12?/m0/s1. The van der Waals surface area contributed by atoms with Crippen molar-refractivity contribution >= 4 is 8.80 Å². The Bertz CT molecular complexity index is 205. The molecule has 0 amide bonds. The SMILES string of the molecule is CCO[Si](C[C@H](C)OCC1CO1)(OCC)OCC. The minimum Gasteiger partial charge on any atom is -0.376 e. The molecular formula is C12H26O5Si. The van der Waals surface area contributed by atoms with Gasteiger partial charge in [0.25, 0.3) is 0 Å². The minimum atomic E-state index is -2.58. The van der Waals surface area contributed by atoms with Gasteiger partial charge in [-0.15, -0.1) is 0 Å². The van der Waals surface area contributed by atoms with Crippen LogP contribution in [0.3, 0.4) is 0 Å². The van der Waals surface area contributed by atoms with Gasteiger partial charge in [-0.25, -0.2) is 0 Å². The Balaban J connectivity index is 2.44. The topological polar surface area (TPSA) is 49.5 Å². The molecule has 1 unspecified atom stereocenters. The van der Waals surface area contributed by atoms with Gasteiger partial charge in [-0.3, -0.25) is 0 Å². The van der Waals surface area contributed by atoms with E-state index in [-0.39, 0.29) is 12.2 Å². The zero-order valence-corrected chi connectivity index (χ0v) is 12.9. The molecule has 1 rings (SSSR count). The van der Waals surface area contributed by atoms with E-state index in [0.717, 1.165) is 6.61 Å². The van der Waals surface area contributed by atoms with Gasteiger partial charge >= 0.3 is 8.80 Å². The van der Waals surface area contributed by atoms with Crippen molar-refractivity contribution in [3.8, 4) is 0 Å². The highest BCUT2D eigenvalue weighted by Gasteiger charge is 2.42. The molecule has 0 aromatic rings. The molecule has 18 heavy (non-hydrogen) atoms. The van der Waals surface area contributed by atoms with Crippen molar-refractivity contribution in [3.63, 3.8) is 0 Å². The zero-order valence-electron chi connectivity index (χ0n) is 11.9. The van der Waals surface area contributed by atoms with Gasteiger partial charge in [-0.1, -0.05) is 0 Å². The summed E-state index contributed by atoms with van der Waals surface area (Å²) in [7, 11) is -2.58. The molecule has 0 aromatic carbocycles. The van der Waals surface area contributed by atoms with Crippen LogP contribution in [-0.4, -0.2) is 54.0 Å². The second kappa shape index (κ2) is 8.24. The van der Waals surface area contributed by atoms with Gasteiger partial charge in [0.15, 0.2) is 0 Å². The van der Waals surface area contributed by atoms with E-state index in [1.807, 2.05) is 27.7 Å². The third-order valence-corrected chi connectivity index (χ3v) is 5.86. The third kappa shape index (κ3) is 5.77. The van der Waals surface area contributed by atoms with Gasteiger partial charge in [-0.2, -0.15) is 0 Å². The highest BCUT2D eigenvalue weighted by molar-refractivity contribution is 6.60. The van der Waals surface area contributed by atoms with E-state index in [0.29, 0.717) is 32.5 Å². The molecule has 0 aromatic heterocycles. The summed E-state index contributed by atoms with van der Waals surface area (Å²) in [6.45, 7) is 11.2. The van der Waals surface area contributed by atoms with Crippen molar-refractivity contribution in [3.05, 3.63) is 0 Å². The molecule has 1 aliphatic heterocycles. The molecule has 5 nitrogen and oxygen atoms in total. The van der Waals surface area contributed by atoms with E-state index in [1.54, 1.807) is 0 Å². The van der Waals surface area contributed by atoms with E-state index >= 15 is 0 Å². The Kier molecular flexibility index (Phi) is 7.36. The maximum atomic E-state index is 5.79. The first-order valence-electron chi connectivity index (χ1n) is 6.80. The molecule has 1 saturated heterocycles. The van der Waals surface area contributed by atoms with Crippen molar-refractivity contribution in [1.82, 2.24) is 0 Å². The second-order valence-electron chi connectivity index (χ2n) is 4.29. The number of hydrogen-bond donors (Lipinski definition) is 0. The van der Waals surface area contributed by atoms with Crippen LogP contribution in [0.25, 0.3) is 0 Å². The monoisotopic (exact) mass is 278 g/mol. The smallest absolute Gasteiger partial charge is 0.376 e. The van der Waals surface area contributed by atoms with Crippen molar-refractivity contribution in [1.29, 1.82) is 0 Å². The van der Waals surface area contributed by atoms with Gasteiger partial charge in [0.2, 0.25) is 0 Å². The number of hydrogen-bond acceptors (Lipinski definition) is 5. The van der Waals surface area contributed by atoms with E-state index in [9.17, 15) is 0 Å². The molecule has 0 aliphatic carbocycles. The summed E-state index contributed by atoms with van der Waals surface area (Å²) in [6, 6.07) is 0.690. The Morgan fingerprint density at radius 1 is 1.11 bits per heavy atom. The highest BCUT2D eigenvalue weighted by atomic mass is 28.4. The van der Waals surface area contributed by atoms with Crippen LogP contribution in [0, 0.1) is 0 Å². The molecular weight excluding hydrogens is 252 g/mol. The summed E-state index contributed by atoms with van der Waals surface area (Å²) in [5.41, 5.74) is 0. The van der Waals surface area contributed by atoms with Crippen molar-refractivity contribution < 1.29 is 22.8 Å². The second-order valence-corrected chi connectivity index (χ2v) is 6.93. The fourth-order valence-corrected chi connectivity index (χ4v) is 4.55. The molecule has 0 spiro atoms. The van der Waals surface area contributed by atoms with Gasteiger partial charge in [0.1, 0.15) is 6.10 Å². The number of epoxide rings is 1. The predicted molar refractivity (Wildman–Crippen MR) is 70.6 cm³/mol. The molecule has 0 bridgehead atoms.